The Morgan fingerprint density at radius 2 is 2.21 bits per heavy atom. The van der Waals surface area contributed by atoms with E-state index < -0.39 is 0 Å². The van der Waals surface area contributed by atoms with Crippen molar-refractivity contribution in [1.29, 1.82) is 5.26 Å². The Labute approximate surface area is 88.5 Å². The van der Waals surface area contributed by atoms with Crippen molar-refractivity contribution < 1.29 is 9.90 Å². The minimum absolute atomic E-state index is 0.0244. The van der Waals surface area contributed by atoms with Crippen molar-refractivity contribution in [3.05, 3.63) is 29.8 Å². The van der Waals surface area contributed by atoms with E-state index in [-0.39, 0.29) is 25.4 Å². The van der Waals surface area contributed by atoms with Gasteiger partial charge in [-0.2, -0.15) is 0 Å². The molecule has 0 amide bonds. The van der Waals surface area contributed by atoms with Crippen LogP contribution in [0, 0.1) is 11.3 Å². The van der Waals surface area contributed by atoms with E-state index in [1.165, 1.54) is 6.07 Å². The zero-order chi connectivity index (χ0) is 10.4. The van der Waals surface area contributed by atoms with E-state index in [0.29, 0.717) is 17.3 Å². The maximum atomic E-state index is 11.5. The van der Waals surface area contributed by atoms with E-state index in [0.717, 1.165) is 0 Å². The van der Waals surface area contributed by atoms with E-state index in [9.17, 15) is 9.90 Å². The van der Waals surface area contributed by atoms with Gasteiger partial charge in [-0.05, 0) is 0 Å². The van der Waals surface area contributed by atoms with Crippen molar-refractivity contribution in [2.75, 3.05) is 0 Å². The molecule has 1 N–H and O–H groups in total. The number of hydrogen-bond donors (Lipinski definition) is 1. The Morgan fingerprint density at radius 1 is 1.50 bits per heavy atom. The minimum atomic E-state index is -0.242. The monoisotopic (exact) mass is 255 g/mol. The molecule has 3 nitrogen and oxygen atoms in total. The number of para-hydroxylation sites is 1. The molecule has 0 atom stereocenters. The number of nitriles is 1. The second kappa shape index (κ2) is 5.43. The van der Waals surface area contributed by atoms with Crippen molar-refractivity contribution in [2.24, 2.45) is 0 Å². The molecular formula is C10H9NO2Se. The molecule has 1 rings (SSSR count). The van der Waals surface area contributed by atoms with Gasteiger partial charge in [0.2, 0.25) is 0 Å². The molecule has 0 radical (unpaired) electrons. The van der Waals surface area contributed by atoms with Gasteiger partial charge in [-0.15, -0.1) is 0 Å². The summed E-state index contributed by atoms with van der Waals surface area (Å²) in [5.41, 5.74) is 0.366. The summed E-state index contributed by atoms with van der Waals surface area (Å²) < 4.78 is -0.0501. The summed E-state index contributed by atoms with van der Waals surface area (Å²) in [5, 5.41) is 18.3. The quantitative estimate of drug-likeness (QED) is 0.655. The van der Waals surface area contributed by atoms with E-state index in [1.54, 1.807) is 18.2 Å². The average molecular weight is 254 g/mol. The molecule has 0 aromatic heterocycles. The predicted molar refractivity (Wildman–Crippen MR) is 53.2 cm³/mol. The molecule has 0 aliphatic rings. The van der Waals surface area contributed by atoms with Gasteiger partial charge in [-0.3, -0.25) is 0 Å². The second-order valence-corrected chi connectivity index (χ2v) is 4.80. The summed E-state index contributed by atoms with van der Waals surface area (Å²) in [4.78, 5) is 11.5. The van der Waals surface area contributed by atoms with Crippen LogP contribution >= 0.6 is 0 Å². The molecule has 0 aliphatic carbocycles. The van der Waals surface area contributed by atoms with Crippen molar-refractivity contribution in [3.63, 3.8) is 0 Å². The van der Waals surface area contributed by atoms with Crippen LogP contribution in [0.4, 0.5) is 0 Å². The van der Waals surface area contributed by atoms with Gasteiger partial charge in [0, 0.05) is 0 Å². The van der Waals surface area contributed by atoms with Crippen LogP contribution in [0.15, 0.2) is 24.3 Å². The van der Waals surface area contributed by atoms with Crippen LogP contribution in [-0.4, -0.2) is 24.7 Å². The number of carbonyl (C=O) groups is 1. The molecule has 72 valence electrons. The summed E-state index contributed by atoms with van der Waals surface area (Å²) in [6.45, 7) is 0. The van der Waals surface area contributed by atoms with Crippen LogP contribution in [0.2, 0.25) is 5.32 Å². The van der Waals surface area contributed by atoms with Gasteiger partial charge < -0.3 is 0 Å². The molecule has 0 heterocycles. The number of phenolic OH excluding ortho intramolecular Hbond substituents is 1. The topological polar surface area (TPSA) is 61.1 Å². The average Bonchev–Trinajstić information content (AvgIpc) is 2.18. The third kappa shape index (κ3) is 2.88. The van der Waals surface area contributed by atoms with Crippen LogP contribution < -0.4 is 0 Å². The molecule has 0 spiro atoms. The summed E-state index contributed by atoms with van der Waals surface area (Å²) >= 11 is -0.242. The zero-order valence-corrected chi connectivity index (χ0v) is 9.15. The zero-order valence-electron chi connectivity index (χ0n) is 7.43. The number of aromatic hydroxyl groups is 1. The molecule has 0 saturated heterocycles. The number of phenols is 1. The Kier molecular flexibility index (Phi) is 4.18. The fourth-order valence-electron chi connectivity index (χ4n) is 0.913. The molecule has 0 saturated carbocycles. The van der Waals surface area contributed by atoms with Crippen LogP contribution in [0.25, 0.3) is 0 Å². The Balaban J connectivity index is 2.62. The first kappa shape index (κ1) is 10.8. The number of nitrogens with zero attached hydrogens (tertiary/aromatic N) is 1. The van der Waals surface area contributed by atoms with Gasteiger partial charge >= 0.3 is 88.2 Å². The first-order valence-electron chi connectivity index (χ1n) is 4.08. The standard InChI is InChI=1S/C10H9NO2Se/c11-6-3-7-14-10(13)8-4-1-2-5-9(8)12/h1-2,4-5,12H,3,7H2. The summed E-state index contributed by atoms with van der Waals surface area (Å²) in [7, 11) is 0. The third-order valence-corrected chi connectivity index (χ3v) is 3.44. The number of hydrogen-bond acceptors (Lipinski definition) is 3. The number of carbonyl (C=O) groups excluding carboxylic acids is 1. The fourth-order valence-corrected chi connectivity index (χ4v) is 2.40. The van der Waals surface area contributed by atoms with Crippen LogP contribution in [0.5, 0.6) is 5.75 Å². The number of benzene rings is 1. The van der Waals surface area contributed by atoms with Gasteiger partial charge in [-0.25, -0.2) is 0 Å². The second-order valence-electron chi connectivity index (χ2n) is 2.56. The van der Waals surface area contributed by atoms with E-state index in [2.05, 4.69) is 0 Å². The first-order valence-corrected chi connectivity index (χ1v) is 6.14. The predicted octanol–water partition coefficient (Wildman–Crippen LogP) is 1.57. The molecule has 0 unspecified atom stereocenters. The molecule has 1 aromatic carbocycles. The fraction of sp³-hybridized carbons (Fsp3) is 0.200. The van der Waals surface area contributed by atoms with Gasteiger partial charge in [0.25, 0.3) is 0 Å². The molecule has 14 heavy (non-hydrogen) atoms. The van der Waals surface area contributed by atoms with E-state index >= 15 is 0 Å². The summed E-state index contributed by atoms with van der Waals surface area (Å²) in [6, 6.07) is 8.48. The van der Waals surface area contributed by atoms with Gasteiger partial charge in [-0.1, -0.05) is 0 Å². The first-order chi connectivity index (χ1) is 6.75. The van der Waals surface area contributed by atoms with Crippen molar-refractivity contribution in [1.82, 2.24) is 0 Å². The Hall–Kier alpha value is -1.30. The molecule has 1 aromatic rings. The van der Waals surface area contributed by atoms with Crippen LogP contribution in [-0.2, 0) is 0 Å². The summed E-state index contributed by atoms with van der Waals surface area (Å²) in [5.74, 6) is 0.0244. The maximum absolute atomic E-state index is 11.5. The molecular weight excluding hydrogens is 245 g/mol. The summed E-state index contributed by atoms with van der Waals surface area (Å²) in [6.07, 6.45) is 0.402. The van der Waals surface area contributed by atoms with E-state index in [1.807, 2.05) is 6.07 Å². The van der Waals surface area contributed by atoms with Gasteiger partial charge in [0.05, 0.1) is 0 Å². The normalized spacial score (nSPS) is 9.36. The van der Waals surface area contributed by atoms with Crippen molar-refractivity contribution >= 4 is 19.6 Å². The Morgan fingerprint density at radius 3 is 2.86 bits per heavy atom. The Bertz CT molecular complexity index is 371. The van der Waals surface area contributed by atoms with Gasteiger partial charge in [0.15, 0.2) is 0 Å². The van der Waals surface area contributed by atoms with Crippen molar-refractivity contribution in [2.45, 2.75) is 11.7 Å². The van der Waals surface area contributed by atoms with Crippen molar-refractivity contribution in [3.8, 4) is 11.8 Å². The molecule has 0 fully saturated rings. The van der Waals surface area contributed by atoms with Crippen LogP contribution in [0.3, 0.4) is 0 Å². The number of rotatable bonds is 4. The molecule has 4 heteroatoms. The molecule has 0 bridgehead atoms. The van der Waals surface area contributed by atoms with E-state index in [4.69, 9.17) is 5.26 Å². The third-order valence-electron chi connectivity index (χ3n) is 1.57. The SMILES string of the molecule is N#CCC[Se]C(=O)c1ccccc1O. The molecule has 0 aliphatic heterocycles. The van der Waals surface area contributed by atoms with Crippen LogP contribution in [0.1, 0.15) is 16.8 Å². The van der Waals surface area contributed by atoms with Gasteiger partial charge in [0.1, 0.15) is 0 Å².